The zero-order valence-corrected chi connectivity index (χ0v) is 10.1. The van der Waals surface area contributed by atoms with Gasteiger partial charge in [-0.25, -0.2) is 0 Å². The fourth-order valence-electron chi connectivity index (χ4n) is 3.30. The maximum absolute atomic E-state index is 5.91. The number of hydrogen-bond donors (Lipinski definition) is 1. The zero-order chi connectivity index (χ0) is 11.4. The molecular formula is C14H17NO2. The van der Waals surface area contributed by atoms with Gasteiger partial charge < -0.3 is 14.8 Å². The van der Waals surface area contributed by atoms with Crippen LogP contribution >= 0.6 is 0 Å². The van der Waals surface area contributed by atoms with E-state index in [1.165, 1.54) is 28.0 Å². The van der Waals surface area contributed by atoms with E-state index >= 15 is 0 Å². The Morgan fingerprint density at radius 2 is 1.71 bits per heavy atom. The summed E-state index contributed by atoms with van der Waals surface area (Å²) in [6.45, 7) is 6.04. The van der Waals surface area contributed by atoms with Crippen LogP contribution in [0.1, 0.15) is 28.2 Å². The van der Waals surface area contributed by atoms with Gasteiger partial charge in [-0.3, -0.25) is 0 Å². The van der Waals surface area contributed by atoms with E-state index < -0.39 is 0 Å². The van der Waals surface area contributed by atoms with E-state index in [9.17, 15) is 0 Å². The fraction of sp³-hybridized carbons (Fsp3) is 0.571. The van der Waals surface area contributed by atoms with E-state index in [-0.39, 0.29) is 0 Å². The molecule has 0 atom stereocenters. The molecule has 1 saturated heterocycles. The number of ether oxygens (including phenoxy) is 2. The molecule has 1 N–H and O–H groups in total. The Balaban J connectivity index is 1.98. The van der Waals surface area contributed by atoms with Gasteiger partial charge in [0, 0.05) is 48.5 Å². The van der Waals surface area contributed by atoms with Gasteiger partial charge in [-0.1, -0.05) is 0 Å². The highest BCUT2D eigenvalue weighted by molar-refractivity contribution is 5.63. The van der Waals surface area contributed by atoms with Crippen LogP contribution < -0.4 is 14.8 Å². The fourth-order valence-corrected chi connectivity index (χ4v) is 3.30. The molecule has 3 aliphatic heterocycles. The van der Waals surface area contributed by atoms with Crippen LogP contribution in [0.2, 0.25) is 0 Å². The number of benzene rings is 1. The van der Waals surface area contributed by atoms with E-state index in [0.29, 0.717) is 5.92 Å². The molecule has 0 aliphatic carbocycles. The minimum atomic E-state index is 0.637. The van der Waals surface area contributed by atoms with Crippen LogP contribution in [0.4, 0.5) is 0 Å². The summed E-state index contributed by atoms with van der Waals surface area (Å²) in [5.41, 5.74) is 5.59. The van der Waals surface area contributed by atoms with E-state index in [1.54, 1.807) is 0 Å². The lowest BCUT2D eigenvalue weighted by atomic mass is 9.84. The average Bonchev–Trinajstić information content (AvgIpc) is 2.89. The van der Waals surface area contributed by atoms with Gasteiger partial charge in [0.15, 0.2) is 0 Å². The van der Waals surface area contributed by atoms with Crippen LogP contribution in [0.5, 0.6) is 11.5 Å². The summed E-state index contributed by atoms with van der Waals surface area (Å²) >= 11 is 0. The number of hydrogen-bond acceptors (Lipinski definition) is 3. The molecule has 0 radical (unpaired) electrons. The third kappa shape index (κ3) is 1.20. The van der Waals surface area contributed by atoms with Crippen LogP contribution in [0.3, 0.4) is 0 Å². The molecule has 0 aromatic heterocycles. The molecule has 3 aliphatic rings. The summed E-state index contributed by atoms with van der Waals surface area (Å²) in [6.07, 6.45) is 2.10. The van der Waals surface area contributed by atoms with Gasteiger partial charge in [0.25, 0.3) is 0 Å². The maximum atomic E-state index is 5.91. The summed E-state index contributed by atoms with van der Waals surface area (Å²) in [4.78, 5) is 0. The van der Waals surface area contributed by atoms with Crippen molar-refractivity contribution in [2.24, 2.45) is 0 Å². The van der Waals surface area contributed by atoms with Gasteiger partial charge in [-0.05, 0) is 12.5 Å². The Kier molecular flexibility index (Phi) is 1.95. The lowest BCUT2D eigenvalue weighted by Crippen LogP contribution is -2.40. The SMILES string of the molecule is Cc1c2c(c(C3CNC3)c3c1OCC3)OCC2. The van der Waals surface area contributed by atoms with Crippen molar-refractivity contribution in [3.63, 3.8) is 0 Å². The largest absolute Gasteiger partial charge is 0.493 e. The monoisotopic (exact) mass is 231 g/mol. The summed E-state index contributed by atoms with van der Waals surface area (Å²) in [5, 5.41) is 3.36. The van der Waals surface area contributed by atoms with Crippen molar-refractivity contribution >= 4 is 0 Å². The highest BCUT2D eigenvalue weighted by Crippen LogP contribution is 2.47. The van der Waals surface area contributed by atoms with Crippen molar-refractivity contribution in [3.05, 3.63) is 22.3 Å². The van der Waals surface area contributed by atoms with Crippen molar-refractivity contribution in [2.45, 2.75) is 25.7 Å². The third-order valence-corrected chi connectivity index (χ3v) is 4.30. The molecule has 3 heterocycles. The smallest absolute Gasteiger partial charge is 0.127 e. The molecule has 0 spiro atoms. The van der Waals surface area contributed by atoms with Crippen molar-refractivity contribution in [1.29, 1.82) is 0 Å². The summed E-state index contributed by atoms with van der Waals surface area (Å²) in [6, 6.07) is 0. The molecule has 0 saturated carbocycles. The lowest BCUT2D eigenvalue weighted by Gasteiger charge is -2.30. The maximum Gasteiger partial charge on any atom is 0.127 e. The highest BCUT2D eigenvalue weighted by Gasteiger charge is 2.34. The zero-order valence-electron chi connectivity index (χ0n) is 10.1. The predicted molar refractivity (Wildman–Crippen MR) is 65.2 cm³/mol. The van der Waals surface area contributed by atoms with Crippen LogP contribution in [0.15, 0.2) is 0 Å². The summed E-state index contributed by atoms with van der Waals surface area (Å²) in [7, 11) is 0. The van der Waals surface area contributed by atoms with Crippen molar-refractivity contribution in [2.75, 3.05) is 26.3 Å². The van der Waals surface area contributed by atoms with Gasteiger partial charge in [0.05, 0.1) is 13.2 Å². The van der Waals surface area contributed by atoms with Gasteiger partial charge >= 0.3 is 0 Å². The molecule has 3 nitrogen and oxygen atoms in total. The van der Waals surface area contributed by atoms with Crippen LogP contribution in [-0.4, -0.2) is 26.3 Å². The molecule has 1 aromatic carbocycles. The van der Waals surface area contributed by atoms with E-state index in [2.05, 4.69) is 12.2 Å². The molecule has 0 bridgehead atoms. The first kappa shape index (κ1) is 9.77. The molecule has 90 valence electrons. The second-order valence-electron chi connectivity index (χ2n) is 5.21. The summed E-state index contributed by atoms with van der Waals surface area (Å²) in [5.74, 6) is 2.99. The molecule has 4 rings (SSSR count). The first-order valence-electron chi connectivity index (χ1n) is 6.50. The Morgan fingerprint density at radius 1 is 1.00 bits per heavy atom. The molecule has 1 fully saturated rings. The quantitative estimate of drug-likeness (QED) is 0.795. The summed E-state index contributed by atoms with van der Waals surface area (Å²) < 4.78 is 11.7. The Morgan fingerprint density at radius 3 is 2.41 bits per heavy atom. The van der Waals surface area contributed by atoms with Crippen molar-refractivity contribution in [3.8, 4) is 11.5 Å². The second kappa shape index (κ2) is 3.39. The predicted octanol–water partition coefficient (Wildman–Crippen LogP) is 1.55. The van der Waals surface area contributed by atoms with Crippen molar-refractivity contribution < 1.29 is 9.47 Å². The van der Waals surface area contributed by atoms with Gasteiger partial charge in [-0.15, -0.1) is 0 Å². The Hall–Kier alpha value is -1.22. The standard InChI is InChI=1S/C14H17NO2/c1-8-10-2-4-17-14(10)12(9-6-15-7-9)11-3-5-16-13(8)11/h9,15H,2-7H2,1H3. The molecular weight excluding hydrogens is 214 g/mol. The van der Waals surface area contributed by atoms with Gasteiger partial charge in [0.1, 0.15) is 11.5 Å². The van der Waals surface area contributed by atoms with E-state index in [0.717, 1.165) is 44.9 Å². The molecule has 0 amide bonds. The van der Waals surface area contributed by atoms with Crippen LogP contribution in [0.25, 0.3) is 0 Å². The first-order chi connectivity index (χ1) is 8.36. The number of fused-ring (bicyclic) bond motifs is 2. The van der Waals surface area contributed by atoms with Crippen LogP contribution in [0, 0.1) is 6.92 Å². The Bertz CT molecular complexity index is 456. The average molecular weight is 231 g/mol. The first-order valence-corrected chi connectivity index (χ1v) is 6.50. The molecule has 1 aromatic rings. The highest BCUT2D eigenvalue weighted by atomic mass is 16.5. The number of rotatable bonds is 1. The number of nitrogens with one attached hydrogen (secondary N) is 1. The van der Waals surface area contributed by atoms with Crippen LogP contribution in [-0.2, 0) is 12.8 Å². The van der Waals surface area contributed by atoms with Crippen molar-refractivity contribution in [1.82, 2.24) is 5.32 Å². The normalized spacial score (nSPS) is 21.5. The van der Waals surface area contributed by atoms with Gasteiger partial charge in [-0.2, -0.15) is 0 Å². The molecule has 0 unspecified atom stereocenters. The second-order valence-corrected chi connectivity index (χ2v) is 5.21. The van der Waals surface area contributed by atoms with E-state index in [1.807, 2.05) is 0 Å². The molecule has 3 heteroatoms. The minimum absolute atomic E-state index is 0.637. The minimum Gasteiger partial charge on any atom is -0.493 e. The Labute approximate surface area is 101 Å². The topological polar surface area (TPSA) is 30.5 Å². The lowest BCUT2D eigenvalue weighted by molar-refractivity contribution is 0.342. The third-order valence-electron chi connectivity index (χ3n) is 4.30. The molecule has 17 heavy (non-hydrogen) atoms. The van der Waals surface area contributed by atoms with Gasteiger partial charge in [0.2, 0.25) is 0 Å². The van der Waals surface area contributed by atoms with E-state index in [4.69, 9.17) is 9.47 Å².